The summed E-state index contributed by atoms with van der Waals surface area (Å²) in [7, 11) is 0. The Labute approximate surface area is 171 Å². The molecule has 0 aliphatic rings. The molecule has 3 aromatic heterocycles. The van der Waals surface area contributed by atoms with E-state index in [-0.39, 0.29) is 5.91 Å². The average Bonchev–Trinajstić information content (AvgIpc) is 3.13. The van der Waals surface area contributed by atoms with Crippen molar-refractivity contribution >= 4 is 32.6 Å². The minimum atomic E-state index is -0.134. The summed E-state index contributed by atoms with van der Waals surface area (Å²) in [6.07, 6.45) is 7.07. The van der Waals surface area contributed by atoms with Crippen LogP contribution in [0.15, 0.2) is 55.0 Å². The van der Waals surface area contributed by atoms with Crippen molar-refractivity contribution in [2.24, 2.45) is 0 Å². The van der Waals surface area contributed by atoms with E-state index in [1.165, 1.54) is 23.8 Å². The van der Waals surface area contributed by atoms with E-state index in [9.17, 15) is 4.79 Å². The molecule has 146 valence electrons. The van der Waals surface area contributed by atoms with Crippen LogP contribution in [0.1, 0.15) is 18.9 Å². The molecular weight excluding hydrogens is 386 g/mol. The lowest BCUT2D eigenvalue weighted by Gasteiger charge is -2.06. The van der Waals surface area contributed by atoms with Crippen LogP contribution in [0.5, 0.6) is 6.01 Å². The maximum absolute atomic E-state index is 11.2. The van der Waals surface area contributed by atoms with Crippen molar-refractivity contribution in [2.45, 2.75) is 19.8 Å². The predicted octanol–water partition coefficient (Wildman–Crippen LogP) is 4.12. The number of carbonyl (C=O) groups is 1. The lowest BCUT2D eigenvalue weighted by atomic mass is 10.1. The van der Waals surface area contributed by atoms with E-state index in [0.29, 0.717) is 17.7 Å². The Bertz CT molecular complexity index is 1130. The standard InChI is InChI=1S/C21H19N5O2S/c1-14(27)24-21-26-18-5-4-16(13-19(18)29-21)17-8-11-23-20(25-17)28-12-2-3-15-6-9-22-10-7-15/h4-11,13H,2-3,12H2,1H3,(H,24,26,27). The van der Waals surface area contributed by atoms with Crippen molar-refractivity contribution in [3.05, 3.63) is 60.6 Å². The number of thiazole rings is 1. The highest BCUT2D eigenvalue weighted by molar-refractivity contribution is 7.22. The molecule has 0 unspecified atom stereocenters. The van der Waals surface area contributed by atoms with Gasteiger partial charge in [-0.05, 0) is 48.7 Å². The minimum Gasteiger partial charge on any atom is -0.463 e. The van der Waals surface area contributed by atoms with Gasteiger partial charge in [0.15, 0.2) is 5.13 Å². The smallest absolute Gasteiger partial charge is 0.316 e. The van der Waals surface area contributed by atoms with Crippen LogP contribution in [0.2, 0.25) is 0 Å². The van der Waals surface area contributed by atoms with Gasteiger partial charge in [0.2, 0.25) is 5.91 Å². The highest BCUT2D eigenvalue weighted by atomic mass is 32.1. The first-order valence-corrected chi connectivity index (χ1v) is 10.0. The highest BCUT2D eigenvalue weighted by Crippen LogP contribution is 2.30. The van der Waals surface area contributed by atoms with Crippen molar-refractivity contribution in [1.29, 1.82) is 0 Å². The number of anilines is 1. The molecule has 1 aromatic carbocycles. The van der Waals surface area contributed by atoms with Crippen LogP contribution in [0.3, 0.4) is 0 Å². The van der Waals surface area contributed by atoms with Gasteiger partial charge in [-0.1, -0.05) is 17.4 Å². The van der Waals surface area contributed by atoms with Gasteiger partial charge in [0, 0.05) is 31.1 Å². The molecule has 7 nitrogen and oxygen atoms in total. The number of aromatic nitrogens is 4. The van der Waals surface area contributed by atoms with Gasteiger partial charge in [-0.25, -0.2) is 9.97 Å². The zero-order valence-electron chi connectivity index (χ0n) is 15.8. The summed E-state index contributed by atoms with van der Waals surface area (Å²) in [6.45, 7) is 2.01. The number of aryl methyl sites for hydroxylation is 1. The van der Waals surface area contributed by atoms with Gasteiger partial charge >= 0.3 is 6.01 Å². The van der Waals surface area contributed by atoms with Crippen LogP contribution < -0.4 is 10.1 Å². The third-order valence-electron chi connectivity index (χ3n) is 4.19. The summed E-state index contributed by atoms with van der Waals surface area (Å²) in [4.78, 5) is 28.4. The zero-order chi connectivity index (χ0) is 20.1. The number of nitrogens with zero attached hydrogens (tertiary/aromatic N) is 4. The molecule has 0 spiro atoms. The largest absolute Gasteiger partial charge is 0.463 e. The van der Waals surface area contributed by atoms with E-state index in [4.69, 9.17) is 4.74 Å². The second-order valence-corrected chi connectivity index (χ2v) is 7.45. The number of ether oxygens (including phenoxy) is 1. The van der Waals surface area contributed by atoms with Crippen LogP contribution in [-0.2, 0) is 11.2 Å². The van der Waals surface area contributed by atoms with Crippen LogP contribution >= 0.6 is 11.3 Å². The molecule has 0 fully saturated rings. The quantitative estimate of drug-likeness (QED) is 0.465. The maximum Gasteiger partial charge on any atom is 0.316 e. The molecule has 29 heavy (non-hydrogen) atoms. The molecule has 0 aliphatic carbocycles. The predicted molar refractivity (Wildman–Crippen MR) is 113 cm³/mol. The molecule has 1 N–H and O–H groups in total. The Hall–Kier alpha value is -3.39. The number of hydrogen-bond donors (Lipinski definition) is 1. The first kappa shape index (κ1) is 18.9. The van der Waals surface area contributed by atoms with E-state index < -0.39 is 0 Å². The molecule has 0 atom stereocenters. The van der Waals surface area contributed by atoms with Gasteiger partial charge in [-0.3, -0.25) is 9.78 Å². The third-order valence-corrected chi connectivity index (χ3v) is 5.12. The minimum absolute atomic E-state index is 0.134. The fraction of sp³-hybridized carbons (Fsp3) is 0.190. The second-order valence-electron chi connectivity index (χ2n) is 6.41. The average molecular weight is 405 g/mol. The first-order valence-electron chi connectivity index (χ1n) is 9.21. The zero-order valence-corrected chi connectivity index (χ0v) is 16.6. The number of carbonyl (C=O) groups excluding carboxylic acids is 1. The topological polar surface area (TPSA) is 89.9 Å². The van der Waals surface area contributed by atoms with E-state index in [0.717, 1.165) is 34.3 Å². The number of rotatable bonds is 7. The third kappa shape index (κ3) is 4.91. The van der Waals surface area contributed by atoms with Crippen molar-refractivity contribution in [2.75, 3.05) is 11.9 Å². The molecule has 4 aromatic rings. The van der Waals surface area contributed by atoms with Crippen molar-refractivity contribution < 1.29 is 9.53 Å². The van der Waals surface area contributed by atoms with Gasteiger partial charge in [0.25, 0.3) is 0 Å². The molecule has 1 amide bonds. The van der Waals surface area contributed by atoms with Gasteiger partial charge in [0.1, 0.15) is 0 Å². The molecule has 3 heterocycles. The number of amides is 1. The highest BCUT2D eigenvalue weighted by Gasteiger charge is 2.09. The number of hydrogen-bond acceptors (Lipinski definition) is 7. The SMILES string of the molecule is CC(=O)Nc1nc2ccc(-c3ccnc(OCCCc4ccncc4)n3)cc2s1. The summed E-state index contributed by atoms with van der Waals surface area (Å²) in [5, 5.41) is 3.31. The summed E-state index contributed by atoms with van der Waals surface area (Å²) >= 11 is 1.43. The van der Waals surface area contributed by atoms with E-state index in [1.54, 1.807) is 18.6 Å². The molecular formula is C21H19N5O2S. The Morgan fingerprint density at radius 1 is 1.10 bits per heavy atom. The summed E-state index contributed by atoms with van der Waals surface area (Å²) in [6, 6.07) is 12.1. The van der Waals surface area contributed by atoms with E-state index >= 15 is 0 Å². The van der Waals surface area contributed by atoms with Crippen LogP contribution in [0.25, 0.3) is 21.5 Å². The van der Waals surface area contributed by atoms with Crippen LogP contribution in [0.4, 0.5) is 5.13 Å². The monoisotopic (exact) mass is 405 g/mol. The second kappa shape index (κ2) is 8.74. The number of nitrogens with one attached hydrogen (secondary N) is 1. The van der Waals surface area contributed by atoms with Crippen molar-refractivity contribution in [1.82, 2.24) is 19.9 Å². The Morgan fingerprint density at radius 2 is 1.97 bits per heavy atom. The molecule has 0 radical (unpaired) electrons. The normalized spacial score (nSPS) is 10.8. The van der Waals surface area contributed by atoms with Gasteiger partial charge in [-0.15, -0.1) is 0 Å². The maximum atomic E-state index is 11.2. The van der Waals surface area contributed by atoms with Crippen molar-refractivity contribution in [3.63, 3.8) is 0 Å². The molecule has 0 aliphatic heterocycles. The molecule has 4 rings (SSSR count). The van der Waals surface area contributed by atoms with Gasteiger partial charge in [-0.2, -0.15) is 4.98 Å². The number of fused-ring (bicyclic) bond motifs is 1. The molecule has 0 saturated heterocycles. The fourth-order valence-electron chi connectivity index (χ4n) is 2.85. The number of benzene rings is 1. The Balaban J connectivity index is 1.43. The van der Waals surface area contributed by atoms with Crippen LogP contribution in [-0.4, -0.2) is 32.4 Å². The summed E-state index contributed by atoms with van der Waals surface area (Å²) in [5.74, 6) is -0.134. The first-order chi connectivity index (χ1) is 14.2. The summed E-state index contributed by atoms with van der Waals surface area (Å²) < 4.78 is 6.71. The molecule has 8 heteroatoms. The van der Waals surface area contributed by atoms with Crippen molar-refractivity contribution in [3.8, 4) is 17.3 Å². The molecule has 0 saturated carbocycles. The van der Waals surface area contributed by atoms with Crippen LogP contribution in [0, 0.1) is 0 Å². The van der Waals surface area contributed by atoms with Gasteiger partial charge < -0.3 is 10.1 Å². The molecule has 0 bridgehead atoms. The van der Waals surface area contributed by atoms with Gasteiger partial charge in [0.05, 0.1) is 22.5 Å². The lowest BCUT2D eigenvalue weighted by molar-refractivity contribution is -0.114. The Kier molecular flexibility index (Phi) is 5.71. The summed E-state index contributed by atoms with van der Waals surface area (Å²) in [5.41, 5.74) is 3.79. The fourth-order valence-corrected chi connectivity index (χ4v) is 3.80. The Morgan fingerprint density at radius 3 is 2.79 bits per heavy atom. The lowest BCUT2D eigenvalue weighted by Crippen LogP contribution is -2.04. The van der Waals surface area contributed by atoms with E-state index in [2.05, 4.69) is 25.3 Å². The number of pyridine rings is 1. The van der Waals surface area contributed by atoms with E-state index in [1.807, 2.05) is 36.4 Å².